The number of pyridine rings is 1. The van der Waals surface area contributed by atoms with Gasteiger partial charge in [-0.3, -0.25) is 10.3 Å². The van der Waals surface area contributed by atoms with Crippen LogP contribution in [-0.4, -0.2) is 25.7 Å². The molecule has 2 heterocycles. The van der Waals surface area contributed by atoms with Gasteiger partial charge in [-0.2, -0.15) is 0 Å². The molecule has 1 amide bonds. The molecule has 0 bridgehead atoms. The molecular weight excluding hydrogens is 352 g/mol. The number of imidazole rings is 1. The smallest absolute Gasteiger partial charge is 0.409 e. The summed E-state index contributed by atoms with van der Waals surface area (Å²) in [5.74, 6) is 1.03. The first kappa shape index (κ1) is 18.0. The number of amides is 1. The zero-order valence-corrected chi connectivity index (χ0v) is 15.7. The molecule has 2 aromatic carbocycles. The summed E-state index contributed by atoms with van der Waals surface area (Å²) in [6, 6.07) is 15.6. The van der Waals surface area contributed by atoms with E-state index in [9.17, 15) is 4.79 Å². The summed E-state index contributed by atoms with van der Waals surface area (Å²) in [4.78, 5) is 20.4. The highest BCUT2D eigenvalue weighted by atomic mass is 16.4. The van der Waals surface area contributed by atoms with Crippen LogP contribution in [0.4, 0.5) is 10.5 Å². The largest absolute Gasteiger partial charge is 0.465 e. The Bertz CT molecular complexity index is 1150. The van der Waals surface area contributed by atoms with Gasteiger partial charge < -0.3 is 9.67 Å². The molecule has 0 atom stereocenters. The van der Waals surface area contributed by atoms with Gasteiger partial charge in [0.25, 0.3) is 0 Å². The van der Waals surface area contributed by atoms with Crippen molar-refractivity contribution in [3.8, 4) is 0 Å². The lowest BCUT2D eigenvalue weighted by atomic mass is 10.1. The van der Waals surface area contributed by atoms with Gasteiger partial charge in [-0.05, 0) is 30.2 Å². The van der Waals surface area contributed by atoms with Gasteiger partial charge in [-0.1, -0.05) is 43.7 Å². The summed E-state index contributed by atoms with van der Waals surface area (Å²) in [5, 5.41) is 12.5. The van der Waals surface area contributed by atoms with E-state index in [4.69, 9.17) is 10.1 Å². The molecule has 0 aliphatic rings. The molecule has 2 aromatic heterocycles. The van der Waals surface area contributed by atoms with Crippen LogP contribution in [0.1, 0.15) is 31.2 Å². The Hall–Kier alpha value is -3.41. The summed E-state index contributed by atoms with van der Waals surface area (Å²) in [6.07, 6.45) is 3.83. The molecule has 0 aliphatic heterocycles. The maximum atomic E-state index is 11.0. The average Bonchev–Trinajstić information content (AvgIpc) is 3.04. The normalized spacial score (nSPS) is 11.2. The molecule has 0 spiro atoms. The first-order valence-corrected chi connectivity index (χ1v) is 9.47. The molecule has 6 nitrogen and oxygen atoms in total. The number of nitrogens with zero attached hydrogens (tertiary/aromatic N) is 3. The van der Waals surface area contributed by atoms with Gasteiger partial charge in [0.1, 0.15) is 11.3 Å². The number of hydrogen-bond donors (Lipinski definition) is 2. The number of benzene rings is 2. The molecule has 0 radical (unpaired) electrons. The summed E-state index contributed by atoms with van der Waals surface area (Å²) >= 11 is 0. The van der Waals surface area contributed by atoms with Crippen LogP contribution in [0.2, 0.25) is 0 Å². The number of carbonyl (C=O) groups is 1. The van der Waals surface area contributed by atoms with E-state index in [-0.39, 0.29) is 0 Å². The Labute approximate surface area is 162 Å². The second-order valence-corrected chi connectivity index (χ2v) is 6.86. The van der Waals surface area contributed by atoms with Crippen LogP contribution in [-0.2, 0) is 13.0 Å². The van der Waals surface area contributed by atoms with Crippen molar-refractivity contribution in [3.63, 3.8) is 0 Å². The van der Waals surface area contributed by atoms with Crippen molar-refractivity contribution in [3.05, 3.63) is 66.1 Å². The highest BCUT2D eigenvalue weighted by Gasteiger charge is 2.14. The number of para-hydroxylation sites is 1. The highest BCUT2D eigenvalue weighted by Crippen LogP contribution is 2.26. The molecule has 6 heteroatoms. The number of fused-ring (bicyclic) bond motifs is 3. The van der Waals surface area contributed by atoms with Gasteiger partial charge in [0, 0.05) is 24.0 Å². The van der Waals surface area contributed by atoms with Crippen LogP contribution in [0, 0.1) is 0 Å². The lowest BCUT2D eigenvalue weighted by Gasteiger charge is -2.12. The third kappa shape index (κ3) is 3.53. The summed E-state index contributed by atoms with van der Waals surface area (Å²) in [6.45, 7) is 2.80. The van der Waals surface area contributed by atoms with Crippen molar-refractivity contribution in [1.29, 1.82) is 0 Å². The first-order chi connectivity index (χ1) is 13.7. The summed E-state index contributed by atoms with van der Waals surface area (Å²) in [7, 11) is 0. The molecule has 28 heavy (non-hydrogen) atoms. The van der Waals surface area contributed by atoms with Crippen LogP contribution in [0.25, 0.3) is 21.9 Å². The number of unbranched alkanes of at least 4 members (excludes halogenated alkanes) is 1. The summed E-state index contributed by atoms with van der Waals surface area (Å²) < 4.78 is 2.24. The number of carboxylic acid groups (broad SMARTS) is 1. The SMILES string of the molecule is CCCCc1nc2cnc3ccccc3c2n1Cc1cccc(NC(=O)O)c1. The molecule has 0 saturated carbocycles. The van der Waals surface area contributed by atoms with E-state index in [0.717, 1.165) is 52.6 Å². The quantitative estimate of drug-likeness (QED) is 0.494. The fraction of sp³-hybridized carbons (Fsp3) is 0.227. The van der Waals surface area contributed by atoms with Crippen molar-refractivity contribution in [2.75, 3.05) is 5.32 Å². The standard InChI is InChI=1S/C22H22N4O2/c1-2-3-11-20-25-19-13-23-18-10-5-4-9-17(18)21(19)26(20)14-15-7-6-8-16(12-15)24-22(27)28/h4-10,12-13,24H,2-3,11,14H2,1H3,(H,27,28). The van der Waals surface area contributed by atoms with Gasteiger partial charge >= 0.3 is 6.09 Å². The number of aromatic nitrogens is 3. The topological polar surface area (TPSA) is 80.0 Å². The predicted octanol–water partition coefficient (Wildman–Crippen LogP) is 5.07. The predicted molar refractivity (Wildman–Crippen MR) is 111 cm³/mol. The van der Waals surface area contributed by atoms with E-state index in [2.05, 4.69) is 27.9 Å². The third-order valence-corrected chi connectivity index (χ3v) is 4.83. The van der Waals surface area contributed by atoms with Crippen molar-refractivity contribution >= 4 is 33.7 Å². The third-order valence-electron chi connectivity index (χ3n) is 4.83. The Morgan fingerprint density at radius 3 is 2.82 bits per heavy atom. The fourth-order valence-electron chi connectivity index (χ4n) is 3.56. The van der Waals surface area contributed by atoms with Crippen molar-refractivity contribution in [1.82, 2.24) is 14.5 Å². The highest BCUT2D eigenvalue weighted by molar-refractivity contribution is 6.02. The molecule has 2 N–H and O–H groups in total. The monoisotopic (exact) mass is 374 g/mol. The van der Waals surface area contributed by atoms with E-state index < -0.39 is 6.09 Å². The number of anilines is 1. The minimum atomic E-state index is -1.06. The van der Waals surface area contributed by atoms with Crippen molar-refractivity contribution in [2.24, 2.45) is 0 Å². The molecule has 0 unspecified atom stereocenters. The number of rotatable bonds is 6. The van der Waals surface area contributed by atoms with E-state index in [0.29, 0.717) is 12.2 Å². The molecule has 0 fully saturated rings. The number of aryl methyl sites for hydroxylation is 1. The van der Waals surface area contributed by atoms with Gasteiger partial charge in [0.05, 0.1) is 17.2 Å². The van der Waals surface area contributed by atoms with Crippen LogP contribution in [0.15, 0.2) is 54.7 Å². The molecule has 0 saturated heterocycles. The Morgan fingerprint density at radius 1 is 1.14 bits per heavy atom. The van der Waals surface area contributed by atoms with E-state index in [1.54, 1.807) is 6.07 Å². The number of hydrogen-bond acceptors (Lipinski definition) is 3. The van der Waals surface area contributed by atoms with Gasteiger partial charge in [0.15, 0.2) is 0 Å². The zero-order valence-electron chi connectivity index (χ0n) is 15.7. The average molecular weight is 374 g/mol. The van der Waals surface area contributed by atoms with Crippen molar-refractivity contribution < 1.29 is 9.90 Å². The molecule has 4 rings (SSSR count). The van der Waals surface area contributed by atoms with Crippen LogP contribution in [0.5, 0.6) is 0 Å². The number of nitrogens with one attached hydrogen (secondary N) is 1. The molecule has 142 valence electrons. The minimum absolute atomic E-state index is 0.566. The maximum absolute atomic E-state index is 11.0. The zero-order chi connectivity index (χ0) is 19.5. The van der Waals surface area contributed by atoms with Crippen LogP contribution < -0.4 is 5.32 Å². The van der Waals surface area contributed by atoms with Crippen LogP contribution >= 0.6 is 0 Å². The Morgan fingerprint density at radius 2 is 2.00 bits per heavy atom. The van der Waals surface area contributed by atoms with Crippen molar-refractivity contribution in [2.45, 2.75) is 32.7 Å². The van der Waals surface area contributed by atoms with E-state index >= 15 is 0 Å². The Kier molecular flexibility index (Phi) is 4.93. The molecular formula is C22H22N4O2. The molecule has 4 aromatic rings. The molecule has 0 aliphatic carbocycles. The second kappa shape index (κ2) is 7.68. The Balaban J connectivity index is 1.84. The van der Waals surface area contributed by atoms with Gasteiger partial charge in [-0.25, -0.2) is 9.78 Å². The fourth-order valence-corrected chi connectivity index (χ4v) is 3.56. The van der Waals surface area contributed by atoms with E-state index in [1.165, 1.54) is 0 Å². The first-order valence-electron chi connectivity index (χ1n) is 9.47. The van der Waals surface area contributed by atoms with Crippen LogP contribution in [0.3, 0.4) is 0 Å². The summed E-state index contributed by atoms with van der Waals surface area (Å²) in [5.41, 5.74) is 4.50. The lowest BCUT2D eigenvalue weighted by Crippen LogP contribution is -2.09. The minimum Gasteiger partial charge on any atom is -0.465 e. The second-order valence-electron chi connectivity index (χ2n) is 6.86. The van der Waals surface area contributed by atoms with Gasteiger partial charge in [0.2, 0.25) is 0 Å². The maximum Gasteiger partial charge on any atom is 0.409 e. The lowest BCUT2D eigenvalue weighted by molar-refractivity contribution is 0.210. The van der Waals surface area contributed by atoms with E-state index in [1.807, 2.05) is 42.6 Å². The van der Waals surface area contributed by atoms with Gasteiger partial charge in [-0.15, -0.1) is 0 Å².